The van der Waals surface area contributed by atoms with Crippen LogP contribution < -0.4 is 11.1 Å². The van der Waals surface area contributed by atoms with Crippen molar-refractivity contribution in [2.24, 2.45) is 5.73 Å². The number of pyridine rings is 1. The Morgan fingerprint density at radius 1 is 1.47 bits per heavy atom. The number of carbonyl (C=O) groups is 1. The summed E-state index contributed by atoms with van der Waals surface area (Å²) in [4.78, 5) is 15.6. The standard InChI is InChI=1S/C12H18ClN3O/c1-9-6-8-15-12(13)11(9)16-10(17)5-3-2-4-7-14/h6,8H,2-5,7,14H2,1H3,(H,16,17). The van der Waals surface area contributed by atoms with E-state index in [9.17, 15) is 4.79 Å². The maximum Gasteiger partial charge on any atom is 0.224 e. The minimum atomic E-state index is -0.0278. The monoisotopic (exact) mass is 255 g/mol. The summed E-state index contributed by atoms with van der Waals surface area (Å²) >= 11 is 5.92. The summed E-state index contributed by atoms with van der Waals surface area (Å²) in [6.07, 6.45) is 4.89. The van der Waals surface area contributed by atoms with E-state index in [1.54, 1.807) is 6.20 Å². The fourth-order valence-electron chi connectivity index (χ4n) is 1.48. The van der Waals surface area contributed by atoms with Gasteiger partial charge in [-0.1, -0.05) is 18.0 Å². The Labute approximate surface area is 107 Å². The van der Waals surface area contributed by atoms with Crippen molar-refractivity contribution >= 4 is 23.2 Å². The molecular formula is C12H18ClN3O. The Hall–Kier alpha value is -1.13. The van der Waals surface area contributed by atoms with Crippen LogP contribution in [0.2, 0.25) is 5.15 Å². The highest BCUT2D eigenvalue weighted by Gasteiger charge is 2.08. The normalized spacial score (nSPS) is 10.3. The van der Waals surface area contributed by atoms with Gasteiger partial charge in [0.2, 0.25) is 5.91 Å². The Morgan fingerprint density at radius 2 is 2.24 bits per heavy atom. The molecule has 1 amide bonds. The zero-order chi connectivity index (χ0) is 12.7. The number of rotatable bonds is 6. The Morgan fingerprint density at radius 3 is 2.88 bits per heavy atom. The summed E-state index contributed by atoms with van der Waals surface area (Å²) in [6, 6.07) is 1.82. The molecule has 1 aromatic heterocycles. The Bertz CT molecular complexity index is 362. The van der Waals surface area contributed by atoms with Crippen molar-refractivity contribution in [2.75, 3.05) is 11.9 Å². The zero-order valence-corrected chi connectivity index (χ0v) is 10.8. The first-order chi connectivity index (χ1) is 8.15. The lowest BCUT2D eigenvalue weighted by Crippen LogP contribution is -2.13. The topological polar surface area (TPSA) is 68.0 Å². The second kappa shape index (κ2) is 7.25. The highest BCUT2D eigenvalue weighted by atomic mass is 35.5. The van der Waals surface area contributed by atoms with Crippen LogP contribution in [0.3, 0.4) is 0 Å². The fourth-order valence-corrected chi connectivity index (χ4v) is 1.74. The number of amides is 1. The third-order valence-electron chi connectivity index (χ3n) is 2.49. The van der Waals surface area contributed by atoms with Gasteiger partial charge in [-0.15, -0.1) is 0 Å². The van der Waals surface area contributed by atoms with E-state index in [1.165, 1.54) is 0 Å². The average molecular weight is 256 g/mol. The molecule has 1 rings (SSSR count). The SMILES string of the molecule is Cc1ccnc(Cl)c1NC(=O)CCCCCN. The number of hydrogen-bond acceptors (Lipinski definition) is 3. The van der Waals surface area contributed by atoms with Crippen LogP contribution >= 0.6 is 11.6 Å². The van der Waals surface area contributed by atoms with Crippen molar-refractivity contribution in [1.82, 2.24) is 4.98 Å². The molecule has 0 saturated heterocycles. The largest absolute Gasteiger partial charge is 0.330 e. The molecule has 1 heterocycles. The lowest BCUT2D eigenvalue weighted by molar-refractivity contribution is -0.116. The van der Waals surface area contributed by atoms with Crippen LogP contribution in [-0.2, 0) is 4.79 Å². The Balaban J connectivity index is 2.45. The summed E-state index contributed by atoms with van der Waals surface area (Å²) < 4.78 is 0. The summed E-state index contributed by atoms with van der Waals surface area (Å²) in [7, 11) is 0. The van der Waals surface area contributed by atoms with E-state index in [0.29, 0.717) is 23.8 Å². The highest BCUT2D eigenvalue weighted by molar-refractivity contribution is 6.32. The van der Waals surface area contributed by atoms with E-state index in [4.69, 9.17) is 17.3 Å². The van der Waals surface area contributed by atoms with Crippen LogP contribution in [0, 0.1) is 6.92 Å². The van der Waals surface area contributed by atoms with Crippen LogP contribution in [0.5, 0.6) is 0 Å². The van der Waals surface area contributed by atoms with Gasteiger partial charge in [-0.3, -0.25) is 4.79 Å². The van der Waals surface area contributed by atoms with Crippen LogP contribution in [0.25, 0.3) is 0 Å². The van der Waals surface area contributed by atoms with Gasteiger partial charge in [-0.2, -0.15) is 0 Å². The molecule has 0 aliphatic carbocycles. The summed E-state index contributed by atoms with van der Waals surface area (Å²) in [5.74, 6) is -0.0278. The number of carbonyl (C=O) groups excluding carboxylic acids is 1. The first-order valence-corrected chi connectivity index (χ1v) is 6.14. The molecule has 3 N–H and O–H groups in total. The van der Waals surface area contributed by atoms with E-state index in [0.717, 1.165) is 24.8 Å². The van der Waals surface area contributed by atoms with Crippen molar-refractivity contribution in [2.45, 2.75) is 32.6 Å². The minimum absolute atomic E-state index is 0.0278. The van der Waals surface area contributed by atoms with Crippen LogP contribution in [-0.4, -0.2) is 17.4 Å². The lowest BCUT2D eigenvalue weighted by Gasteiger charge is -2.09. The number of unbranched alkanes of at least 4 members (excludes halogenated alkanes) is 2. The first kappa shape index (κ1) is 13.9. The van der Waals surface area contributed by atoms with Crippen molar-refractivity contribution in [3.05, 3.63) is 23.0 Å². The lowest BCUT2D eigenvalue weighted by atomic mass is 10.2. The number of aryl methyl sites for hydroxylation is 1. The van der Waals surface area contributed by atoms with E-state index in [-0.39, 0.29) is 5.91 Å². The van der Waals surface area contributed by atoms with Gasteiger partial charge in [0.1, 0.15) is 0 Å². The zero-order valence-electron chi connectivity index (χ0n) is 10.0. The summed E-state index contributed by atoms with van der Waals surface area (Å²) in [6.45, 7) is 2.56. The van der Waals surface area contributed by atoms with Gasteiger partial charge in [0, 0.05) is 12.6 Å². The highest BCUT2D eigenvalue weighted by Crippen LogP contribution is 2.22. The van der Waals surface area contributed by atoms with Gasteiger partial charge in [-0.25, -0.2) is 4.98 Å². The summed E-state index contributed by atoms with van der Waals surface area (Å²) in [5.41, 5.74) is 6.91. The molecule has 4 nitrogen and oxygen atoms in total. The summed E-state index contributed by atoms with van der Waals surface area (Å²) in [5, 5.41) is 3.12. The Kier molecular flexibility index (Phi) is 5.94. The molecule has 94 valence electrons. The maximum absolute atomic E-state index is 11.7. The first-order valence-electron chi connectivity index (χ1n) is 5.76. The second-order valence-corrected chi connectivity index (χ2v) is 4.30. The number of nitrogens with two attached hydrogens (primary N) is 1. The third kappa shape index (κ3) is 4.71. The molecule has 5 heteroatoms. The molecule has 0 bridgehead atoms. The number of nitrogens with zero attached hydrogens (tertiary/aromatic N) is 1. The van der Waals surface area contributed by atoms with Crippen LogP contribution in [0.15, 0.2) is 12.3 Å². The van der Waals surface area contributed by atoms with E-state index >= 15 is 0 Å². The molecule has 0 aliphatic heterocycles. The quantitative estimate of drug-likeness (QED) is 0.606. The molecular weight excluding hydrogens is 238 g/mol. The maximum atomic E-state index is 11.7. The van der Waals surface area contributed by atoms with Gasteiger partial charge in [0.05, 0.1) is 5.69 Å². The van der Waals surface area contributed by atoms with Crippen molar-refractivity contribution < 1.29 is 4.79 Å². The number of hydrogen-bond donors (Lipinski definition) is 2. The number of nitrogens with one attached hydrogen (secondary N) is 1. The fraction of sp³-hybridized carbons (Fsp3) is 0.500. The van der Waals surface area contributed by atoms with Gasteiger partial charge >= 0.3 is 0 Å². The van der Waals surface area contributed by atoms with E-state index in [1.807, 2.05) is 13.0 Å². The predicted molar refractivity (Wildman–Crippen MR) is 70.1 cm³/mol. The molecule has 0 fully saturated rings. The van der Waals surface area contributed by atoms with Crippen molar-refractivity contribution in [1.29, 1.82) is 0 Å². The molecule has 0 atom stereocenters. The predicted octanol–water partition coefficient (Wildman–Crippen LogP) is 2.50. The number of aromatic nitrogens is 1. The van der Waals surface area contributed by atoms with Crippen molar-refractivity contribution in [3.63, 3.8) is 0 Å². The third-order valence-corrected chi connectivity index (χ3v) is 2.77. The number of halogens is 1. The van der Waals surface area contributed by atoms with Crippen molar-refractivity contribution in [3.8, 4) is 0 Å². The minimum Gasteiger partial charge on any atom is -0.330 e. The number of anilines is 1. The molecule has 17 heavy (non-hydrogen) atoms. The molecule has 0 radical (unpaired) electrons. The molecule has 1 aromatic rings. The average Bonchev–Trinajstić information content (AvgIpc) is 2.30. The molecule has 0 aromatic carbocycles. The van der Waals surface area contributed by atoms with Gasteiger partial charge in [0.15, 0.2) is 5.15 Å². The van der Waals surface area contributed by atoms with E-state index < -0.39 is 0 Å². The van der Waals surface area contributed by atoms with Gasteiger partial charge < -0.3 is 11.1 Å². The smallest absolute Gasteiger partial charge is 0.224 e. The molecule has 0 spiro atoms. The van der Waals surface area contributed by atoms with Crippen LogP contribution in [0.4, 0.5) is 5.69 Å². The van der Waals surface area contributed by atoms with Crippen LogP contribution in [0.1, 0.15) is 31.2 Å². The second-order valence-electron chi connectivity index (χ2n) is 3.94. The van der Waals surface area contributed by atoms with Gasteiger partial charge in [0.25, 0.3) is 0 Å². The molecule has 0 aliphatic rings. The van der Waals surface area contributed by atoms with E-state index in [2.05, 4.69) is 10.3 Å². The molecule has 0 saturated carbocycles. The molecule has 0 unspecified atom stereocenters. The van der Waals surface area contributed by atoms with Gasteiger partial charge in [-0.05, 0) is 37.9 Å².